The highest BCUT2D eigenvalue weighted by atomic mass is 79.9. The van der Waals surface area contributed by atoms with Crippen LogP contribution >= 0.6 is 15.9 Å². The third-order valence-corrected chi connectivity index (χ3v) is 5.76. The van der Waals surface area contributed by atoms with Crippen LogP contribution in [0.3, 0.4) is 0 Å². The zero-order chi connectivity index (χ0) is 15.6. The van der Waals surface area contributed by atoms with E-state index in [-0.39, 0.29) is 35.5 Å². The Bertz CT molecular complexity index is 726. The Hall–Kier alpha value is -1.68. The fourth-order valence-electron chi connectivity index (χ4n) is 4.30. The number of para-hydroxylation sites is 1. The van der Waals surface area contributed by atoms with Crippen molar-refractivity contribution < 1.29 is 9.59 Å². The van der Waals surface area contributed by atoms with Crippen molar-refractivity contribution >= 4 is 33.4 Å². The van der Waals surface area contributed by atoms with Gasteiger partial charge in [-0.1, -0.05) is 35.4 Å². The first-order valence-electron chi connectivity index (χ1n) is 7.50. The largest absolute Gasteiger partial charge is 0.274 e. The third kappa shape index (κ3) is 1.62. The van der Waals surface area contributed by atoms with Gasteiger partial charge in [-0.15, -0.1) is 0 Å². The van der Waals surface area contributed by atoms with E-state index in [1.807, 2.05) is 24.3 Å². The van der Waals surface area contributed by atoms with Crippen LogP contribution in [0.15, 0.2) is 52.0 Å². The molecule has 2 amide bonds. The maximum absolute atomic E-state index is 12.9. The lowest BCUT2D eigenvalue weighted by Crippen LogP contribution is -2.33. The molecule has 2 bridgehead atoms. The van der Waals surface area contributed by atoms with Crippen molar-refractivity contribution in [1.82, 2.24) is 0 Å². The van der Waals surface area contributed by atoms with Crippen LogP contribution in [0.5, 0.6) is 0 Å². The highest BCUT2D eigenvalue weighted by molar-refractivity contribution is 9.10. The van der Waals surface area contributed by atoms with Crippen LogP contribution in [0.2, 0.25) is 0 Å². The van der Waals surface area contributed by atoms with Gasteiger partial charge >= 0.3 is 0 Å². The Kier molecular flexibility index (Phi) is 2.95. The van der Waals surface area contributed by atoms with E-state index in [4.69, 9.17) is 0 Å². The van der Waals surface area contributed by atoms with Gasteiger partial charge in [0.25, 0.3) is 0 Å². The molecule has 1 heterocycles. The lowest BCUT2D eigenvalue weighted by molar-refractivity contribution is -0.122. The van der Waals surface area contributed by atoms with Gasteiger partial charge in [-0.25, -0.2) is 4.90 Å². The molecule has 4 heteroatoms. The van der Waals surface area contributed by atoms with Gasteiger partial charge in [-0.3, -0.25) is 9.59 Å². The molecule has 112 valence electrons. The summed E-state index contributed by atoms with van der Waals surface area (Å²) >= 11 is 3.45. The van der Waals surface area contributed by atoms with Gasteiger partial charge in [0.1, 0.15) is 0 Å². The van der Waals surface area contributed by atoms with Gasteiger partial charge in [0.2, 0.25) is 11.8 Å². The molecule has 22 heavy (non-hydrogen) atoms. The average Bonchev–Trinajstić information content (AvgIpc) is 3.11. The lowest BCUT2D eigenvalue weighted by Gasteiger charge is -2.20. The highest BCUT2D eigenvalue weighted by Crippen LogP contribution is 2.57. The molecule has 0 aromatic heterocycles. The van der Waals surface area contributed by atoms with Crippen LogP contribution in [0.25, 0.3) is 0 Å². The van der Waals surface area contributed by atoms with Gasteiger partial charge in [0.05, 0.1) is 17.5 Å². The summed E-state index contributed by atoms with van der Waals surface area (Å²) in [5.74, 6) is -0.359. The monoisotopic (exact) mass is 357 g/mol. The molecule has 3 nitrogen and oxygen atoms in total. The minimum atomic E-state index is -0.223. The molecule has 2 aliphatic carbocycles. The van der Waals surface area contributed by atoms with Crippen LogP contribution in [0.1, 0.15) is 13.8 Å². The average molecular weight is 358 g/mol. The molecule has 1 saturated heterocycles. The quantitative estimate of drug-likeness (QED) is 0.567. The van der Waals surface area contributed by atoms with Crippen molar-refractivity contribution in [3.05, 3.63) is 52.0 Å². The molecular formula is C18H16BrNO2. The number of amides is 2. The first-order chi connectivity index (χ1) is 10.5. The lowest BCUT2D eigenvalue weighted by atomic mass is 9.85. The van der Waals surface area contributed by atoms with Gasteiger partial charge < -0.3 is 0 Å². The fourth-order valence-corrected chi connectivity index (χ4v) is 4.76. The minimum Gasteiger partial charge on any atom is -0.274 e. The van der Waals surface area contributed by atoms with Gasteiger partial charge in [0, 0.05) is 16.3 Å². The van der Waals surface area contributed by atoms with E-state index in [9.17, 15) is 9.59 Å². The van der Waals surface area contributed by atoms with E-state index in [0.717, 1.165) is 4.47 Å². The summed E-state index contributed by atoms with van der Waals surface area (Å²) in [5.41, 5.74) is 3.18. The van der Waals surface area contributed by atoms with E-state index in [0.29, 0.717) is 5.69 Å². The van der Waals surface area contributed by atoms with Crippen molar-refractivity contribution in [2.75, 3.05) is 4.90 Å². The number of carbonyl (C=O) groups is 2. The summed E-state index contributed by atoms with van der Waals surface area (Å²) in [4.78, 5) is 27.3. The number of imide groups is 1. The second-order valence-corrected chi connectivity index (χ2v) is 7.26. The predicted molar refractivity (Wildman–Crippen MR) is 88.1 cm³/mol. The van der Waals surface area contributed by atoms with E-state index < -0.39 is 0 Å². The molecule has 1 aliphatic heterocycles. The molecule has 3 aliphatic rings. The Labute approximate surface area is 137 Å². The minimum absolute atomic E-state index is 0.0579. The highest BCUT2D eigenvalue weighted by Gasteiger charge is 2.62. The summed E-state index contributed by atoms with van der Waals surface area (Å²) in [6.07, 6.45) is 4.23. The number of hydrogen-bond acceptors (Lipinski definition) is 2. The topological polar surface area (TPSA) is 37.4 Å². The molecule has 0 unspecified atom stereocenters. The molecular weight excluding hydrogens is 342 g/mol. The molecule has 2 fully saturated rings. The second-order valence-electron chi connectivity index (χ2n) is 6.41. The van der Waals surface area contributed by atoms with Gasteiger partial charge in [-0.05, 0) is 41.9 Å². The fraction of sp³-hybridized carbons (Fsp3) is 0.333. The zero-order valence-corrected chi connectivity index (χ0v) is 14.0. The third-order valence-electron chi connectivity index (χ3n) is 5.09. The summed E-state index contributed by atoms with van der Waals surface area (Å²) in [6, 6.07) is 7.41. The van der Waals surface area contributed by atoms with Crippen molar-refractivity contribution in [3.63, 3.8) is 0 Å². The normalized spacial score (nSPS) is 32.1. The van der Waals surface area contributed by atoms with E-state index in [2.05, 4.69) is 41.9 Å². The molecule has 1 aromatic rings. The standard InChI is InChI=1S/C18H16BrNO2/c1-9(2)14-10-7-8-11(14)16-15(10)17(21)20(18(16)22)13-6-4-3-5-12(13)19/h3-8,10-11,15-16H,1-2H3/t10-,11-,15+,16+/m1/s1. The Balaban J connectivity index is 1.80. The molecule has 1 saturated carbocycles. The van der Waals surface area contributed by atoms with E-state index >= 15 is 0 Å². The molecule has 1 aromatic carbocycles. The number of benzene rings is 1. The molecule has 4 atom stereocenters. The number of fused-ring (bicyclic) bond motifs is 5. The smallest absolute Gasteiger partial charge is 0.238 e. The van der Waals surface area contributed by atoms with Crippen LogP contribution in [0, 0.1) is 23.7 Å². The number of carbonyl (C=O) groups excluding carboxylic acids is 2. The number of halogens is 1. The second kappa shape index (κ2) is 4.66. The molecule has 0 spiro atoms. The van der Waals surface area contributed by atoms with Crippen LogP contribution in [0.4, 0.5) is 5.69 Å². The number of anilines is 1. The summed E-state index contributed by atoms with van der Waals surface area (Å²) in [6.45, 7) is 4.15. The molecule has 4 rings (SSSR count). The number of allylic oxidation sites excluding steroid dienone is 4. The van der Waals surface area contributed by atoms with Gasteiger partial charge in [0.15, 0.2) is 0 Å². The van der Waals surface area contributed by atoms with Crippen molar-refractivity contribution in [3.8, 4) is 0 Å². The number of rotatable bonds is 1. The molecule has 0 radical (unpaired) electrons. The SMILES string of the molecule is CC(C)=C1[C@H]2C=C[C@H]1[C@@H]1C(=O)N(c3ccccc3Br)C(=O)[C@H]12. The maximum Gasteiger partial charge on any atom is 0.238 e. The van der Waals surface area contributed by atoms with Crippen molar-refractivity contribution in [2.45, 2.75) is 13.8 Å². The summed E-state index contributed by atoms with van der Waals surface area (Å²) in [5, 5.41) is 0. The van der Waals surface area contributed by atoms with Crippen molar-refractivity contribution in [2.24, 2.45) is 23.7 Å². The zero-order valence-electron chi connectivity index (χ0n) is 12.4. The van der Waals surface area contributed by atoms with Gasteiger partial charge in [-0.2, -0.15) is 0 Å². The van der Waals surface area contributed by atoms with E-state index in [1.54, 1.807) is 0 Å². The van der Waals surface area contributed by atoms with E-state index in [1.165, 1.54) is 16.0 Å². The summed E-state index contributed by atoms with van der Waals surface area (Å²) in [7, 11) is 0. The van der Waals surface area contributed by atoms with Crippen molar-refractivity contribution in [1.29, 1.82) is 0 Å². The first-order valence-corrected chi connectivity index (χ1v) is 8.29. The summed E-state index contributed by atoms with van der Waals surface area (Å²) < 4.78 is 0.777. The Morgan fingerprint density at radius 2 is 1.55 bits per heavy atom. The predicted octanol–water partition coefficient (Wildman–Crippen LogP) is 3.71. The van der Waals surface area contributed by atoms with Crippen LogP contribution in [-0.4, -0.2) is 11.8 Å². The Morgan fingerprint density at radius 3 is 2.05 bits per heavy atom. The first kappa shape index (κ1) is 13.9. The van der Waals surface area contributed by atoms with Crippen LogP contribution < -0.4 is 4.90 Å². The maximum atomic E-state index is 12.9. The number of nitrogens with zero attached hydrogens (tertiary/aromatic N) is 1. The Morgan fingerprint density at radius 1 is 1.00 bits per heavy atom. The molecule has 0 N–H and O–H groups in total. The van der Waals surface area contributed by atoms with Crippen LogP contribution in [-0.2, 0) is 9.59 Å². The number of hydrogen-bond donors (Lipinski definition) is 0.